The second-order valence-electron chi connectivity index (χ2n) is 8.54. The molecule has 0 saturated carbocycles. The van der Waals surface area contributed by atoms with Crippen LogP contribution in [0.2, 0.25) is 0 Å². The third-order valence-corrected chi connectivity index (χ3v) is 7.50. The van der Waals surface area contributed by atoms with Crippen molar-refractivity contribution < 1.29 is 4.53 Å². The molecule has 0 bridgehead atoms. The van der Waals surface area contributed by atoms with Crippen molar-refractivity contribution in [1.82, 2.24) is 5.48 Å². The van der Waals surface area contributed by atoms with Crippen LogP contribution in [0.25, 0.3) is 0 Å². The summed E-state index contributed by atoms with van der Waals surface area (Å²) in [6.07, 6.45) is 2.20. The summed E-state index contributed by atoms with van der Waals surface area (Å²) in [7, 11) is -1.34. The van der Waals surface area contributed by atoms with Crippen LogP contribution in [0.4, 0.5) is 0 Å². The van der Waals surface area contributed by atoms with E-state index >= 15 is 0 Å². The molecule has 1 aliphatic carbocycles. The lowest BCUT2D eigenvalue weighted by Crippen LogP contribution is -2.48. The van der Waals surface area contributed by atoms with Gasteiger partial charge in [0.25, 0.3) is 0 Å². The summed E-state index contributed by atoms with van der Waals surface area (Å²) in [5.74, 6) is 0. The third kappa shape index (κ3) is 4.12. The molecular formula is C25H28NOSi. The highest BCUT2D eigenvalue weighted by Gasteiger charge is 2.27. The summed E-state index contributed by atoms with van der Waals surface area (Å²) < 4.78 is 6.43. The quantitative estimate of drug-likeness (QED) is 0.521. The highest BCUT2D eigenvalue weighted by molar-refractivity contribution is 6.79. The molecule has 2 nitrogen and oxygen atoms in total. The van der Waals surface area contributed by atoms with Crippen molar-refractivity contribution in [1.29, 1.82) is 0 Å². The highest BCUT2D eigenvalue weighted by atomic mass is 28.3. The Kier molecular flexibility index (Phi) is 5.49. The van der Waals surface area contributed by atoms with E-state index in [1.54, 1.807) is 0 Å². The number of aryl methyl sites for hydroxylation is 1. The van der Waals surface area contributed by atoms with E-state index < -0.39 is 9.04 Å². The van der Waals surface area contributed by atoms with Crippen LogP contribution in [0.1, 0.15) is 49.9 Å². The van der Waals surface area contributed by atoms with Crippen LogP contribution in [0.3, 0.4) is 0 Å². The predicted molar refractivity (Wildman–Crippen MR) is 118 cm³/mol. The van der Waals surface area contributed by atoms with Gasteiger partial charge in [-0.15, -0.1) is 0 Å². The lowest BCUT2D eigenvalue weighted by molar-refractivity contribution is 0.161. The van der Waals surface area contributed by atoms with Gasteiger partial charge in [-0.3, -0.25) is 0 Å². The Hall–Kier alpha value is -2.20. The zero-order valence-corrected chi connectivity index (χ0v) is 17.9. The molecule has 0 saturated heterocycles. The Morgan fingerprint density at radius 2 is 1.46 bits per heavy atom. The maximum absolute atomic E-state index is 6.43. The second-order valence-corrected chi connectivity index (χ2v) is 10.6. The second kappa shape index (κ2) is 8.04. The van der Waals surface area contributed by atoms with E-state index in [4.69, 9.17) is 4.53 Å². The number of fused-ring (bicyclic) bond motifs is 1. The lowest BCUT2D eigenvalue weighted by atomic mass is 9.85. The molecule has 0 aromatic heterocycles. The molecule has 1 atom stereocenters. The number of rotatable bonds is 5. The van der Waals surface area contributed by atoms with Gasteiger partial charge in [0.15, 0.2) is 0 Å². The molecule has 0 spiro atoms. The van der Waals surface area contributed by atoms with Crippen LogP contribution < -0.4 is 15.9 Å². The van der Waals surface area contributed by atoms with Crippen LogP contribution in [0.15, 0.2) is 78.9 Å². The number of hydrogen-bond acceptors (Lipinski definition) is 2. The van der Waals surface area contributed by atoms with Crippen molar-refractivity contribution in [3.05, 3.63) is 95.6 Å². The molecule has 3 heteroatoms. The SMILES string of the molecule is CC(C)(C)c1ccc2c(c1)C(NO[Si](c1ccccc1)c1ccccc1)CC2. The average Bonchev–Trinajstić information content (AvgIpc) is 3.12. The summed E-state index contributed by atoms with van der Waals surface area (Å²) >= 11 is 0. The monoisotopic (exact) mass is 386 g/mol. The van der Waals surface area contributed by atoms with Crippen molar-refractivity contribution >= 4 is 19.4 Å². The van der Waals surface area contributed by atoms with Crippen LogP contribution in [0, 0.1) is 0 Å². The lowest BCUT2D eigenvalue weighted by Gasteiger charge is -2.23. The van der Waals surface area contributed by atoms with Crippen molar-refractivity contribution in [2.45, 2.75) is 45.1 Å². The molecule has 0 fully saturated rings. The van der Waals surface area contributed by atoms with Gasteiger partial charge in [-0.25, -0.2) is 5.48 Å². The Morgan fingerprint density at radius 3 is 2.04 bits per heavy atom. The summed E-state index contributed by atoms with van der Waals surface area (Å²) in [5.41, 5.74) is 7.85. The topological polar surface area (TPSA) is 21.3 Å². The minimum Gasteiger partial charge on any atom is -0.333 e. The standard InChI is InChI=1S/C25H28NOSi/c1-25(2,3)20-16-14-19-15-17-24(23(19)18-20)26-27-28(21-10-6-4-7-11-21)22-12-8-5-9-13-22/h4-14,16,18,24,26H,15,17H2,1-3H3. The molecule has 143 valence electrons. The van der Waals surface area contributed by atoms with E-state index in [-0.39, 0.29) is 11.5 Å². The fourth-order valence-electron chi connectivity index (χ4n) is 3.78. The molecule has 1 unspecified atom stereocenters. The first-order valence-corrected chi connectivity index (χ1v) is 11.5. The zero-order valence-electron chi connectivity index (χ0n) is 16.9. The van der Waals surface area contributed by atoms with Gasteiger partial charge < -0.3 is 4.53 Å². The van der Waals surface area contributed by atoms with E-state index in [1.807, 2.05) is 0 Å². The molecule has 3 aromatic rings. The molecule has 1 aliphatic rings. The van der Waals surface area contributed by atoms with Gasteiger partial charge >= 0.3 is 9.04 Å². The van der Waals surface area contributed by atoms with Crippen LogP contribution in [0.5, 0.6) is 0 Å². The Balaban J connectivity index is 1.57. The third-order valence-electron chi connectivity index (χ3n) is 5.46. The molecule has 4 rings (SSSR count). The molecular weight excluding hydrogens is 358 g/mol. The first-order chi connectivity index (χ1) is 13.5. The largest absolute Gasteiger partial charge is 0.333 e. The van der Waals surface area contributed by atoms with E-state index in [9.17, 15) is 0 Å². The van der Waals surface area contributed by atoms with Crippen LogP contribution in [-0.2, 0) is 16.4 Å². The maximum atomic E-state index is 6.43. The van der Waals surface area contributed by atoms with Gasteiger partial charge in [0.05, 0.1) is 6.04 Å². The molecule has 0 heterocycles. The summed E-state index contributed by atoms with van der Waals surface area (Å²) in [6, 6.07) is 28.4. The summed E-state index contributed by atoms with van der Waals surface area (Å²) in [6.45, 7) is 6.82. The summed E-state index contributed by atoms with van der Waals surface area (Å²) in [5, 5.41) is 2.51. The normalized spacial score (nSPS) is 16.4. The first kappa shape index (κ1) is 19.1. The van der Waals surface area contributed by atoms with Crippen molar-refractivity contribution in [3.8, 4) is 0 Å². The smallest absolute Gasteiger partial charge is 0.311 e. The van der Waals surface area contributed by atoms with Gasteiger partial charge in [0, 0.05) is 0 Å². The molecule has 0 aliphatic heterocycles. The van der Waals surface area contributed by atoms with Crippen molar-refractivity contribution in [2.24, 2.45) is 0 Å². The number of benzene rings is 3. The molecule has 1 radical (unpaired) electrons. The van der Waals surface area contributed by atoms with E-state index in [2.05, 4.69) is 105 Å². The van der Waals surface area contributed by atoms with Crippen LogP contribution >= 0.6 is 0 Å². The number of nitrogens with one attached hydrogen (secondary N) is 1. The van der Waals surface area contributed by atoms with Gasteiger partial charge in [-0.2, -0.15) is 0 Å². The van der Waals surface area contributed by atoms with Crippen molar-refractivity contribution in [3.63, 3.8) is 0 Å². The number of hydroxylamine groups is 1. The average molecular weight is 387 g/mol. The Labute approximate surface area is 170 Å². The molecule has 1 N–H and O–H groups in total. The summed E-state index contributed by atoms with van der Waals surface area (Å²) in [4.78, 5) is 0. The maximum Gasteiger partial charge on any atom is 0.311 e. The molecule has 0 amide bonds. The number of hydrogen-bond donors (Lipinski definition) is 1. The highest BCUT2D eigenvalue weighted by Crippen LogP contribution is 2.34. The van der Waals surface area contributed by atoms with E-state index in [1.165, 1.54) is 27.1 Å². The Morgan fingerprint density at radius 1 is 0.857 bits per heavy atom. The minimum absolute atomic E-state index is 0.159. The fraction of sp³-hybridized carbons (Fsp3) is 0.280. The van der Waals surface area contributed by atoms with Crippen molar-refractivity contribution in [2.75, 3.05) is 0 Å². The fourth-order valence-corrected chi connectivity index (χ4v) is 5.60. The predicted octanol–water partition coefficient (Wildman–Crippen LogP) is 4.30. The molecule has 28 heavy (non-hydrogen) atoms. The molecule has 3 aromatic carbocycles. The van der Waals surface area contributed by atoms with E-state index in [0.717, 1.165) is 12.8 Å². The van der Waals surface area contributed by atoms with Gasteiger partial charge in [-0.05, 0) is 45.3 Å². The van der Waals surface area contributed by atoms with Crippen LogP contribution in [-0.4, -0.2) is 9.04 Å². The van der Waals surface area contributed by atoms with E-state index in [0.29, 0.717) is 0 Å². The Bertz CT molecular complexity index is 879. The zero-order chi connectivity index (χ0) is 19.6. The van der Waals surface area contributed by atoms with Gasteiger partial charge in [0.2, 0.25) is 0 Å². The first-order valence-electron chi connectivity index (χ1n) is 10.1. The minimum atomic E-state index is -1.34. The van der Waals surface area contributed by atoms with Gasteiger partial charge in [-0.1, -0.05) is 99.6 Å². The van der Waals surface area contributed by atoms with Gasteiger partial charge in [0.1, 0.15) is 0 Å².